The van der Waals surface area contributed by atoms with Gasteiger partial charge in [-0.25, -0.2) is 0 Å². The van der Waals surface area contributed by atoms with E-state index in [0.29, 0.717) is 0 Å². The average molecular weight is 826 g/mol. The van der Waals surface area contributed by atoms with E-state index in [1.807, 2.05) is 0 Å². The van der Waals surface area contributed by atoms with Crippen LogP contribution in [-0.2, 0) is 0 Å². The zero-order valence-corrected chi connectivity index (χ0v) is 35.8. The molecule has 1 heterocycles. The normalized spacial score (nSPS) is 11.4. The van der Waals surface area contributed by atoms with Gasteiger partial charge >= 0.3 is 0 Å². The first-order valence-electron chi connectivity index (χ1n) is 22.4. The van der Waals surface area contributed by atoms with Crippen molar-refractivity contribution in [1.29, 1.82) is 0 Å². The summed E-state index contributed by atoms with van der Waals surface area (Å²) in [5, 5.41) is 4.94. The van der Waals surface area contributed by atoms with Crippen LogP contribution in [0.5, 0.6) is 0 Å². The predicted octanol–water partition coefficient (Wildman–Crippen LogP) is 17.6. The van der Waals surface area contributed by atoms with E-state index >= 15 is 0 Å². The largest absolute Gasteiger partial charge is 0.309 e. The van der Waals surface area contributed by atoms with Gasteiger partial charge in [0.05, 0.1) is 11.0 Å². The lowest BCUT2D eigenvalue weighted by Crippen LogP contribution is -1.94. The summed E-state index contributed by atoms with van der Waals surface area (Å²) in [4.78, 5) is 0. The van der Waals surface area contributed by atoms with E-state index in [1.165, 1.54) is 110 Å². The van der Waals surface area contributed by atoms with Gasteiger partial charge in [0.2, 0.25) is 0 Å². The van der Waals surface area contributed by atoms with Gasteiger partial charge in [-0.15, -0.1) is 0 Å². The monoisotopic (exact) mass is 825 g/mol. The highest BCUT2D eigenvalue weighted by Crippen LogP contribution is 2.43. The Morgan fingerprint density at radius 1 is 0.200 bits per heavy atom. The number of fused-ring (bicyclic) bond motifs is 4. The van der Waals surface area contributed by atoms with Crippen molar-refractivity contribution in [3.8, 4) is 83.6 Å². The zero-order chi connectivity index (χ0) is 43.1. The van der Waals surface area contributed by atoms with E-state index in [9.17, 15) is 0 Å². The summed E-state index contributed by atoms with van der Waals surface area (Å²) in [5.41, 5.74) is 20.3. The highest BCUT2D eigenvalue weighted by molar-refractivity contribution is 6.12. The fraction of sp³-hybridized carbons (Fsp3) is 0. The molecule has 0 aliphatic carbocycles. The molecule has 12 aromatic rings. The molecule has 0 aliphatic rings. The van der Waals surface area contributed by atoms with Gasteiger partial charge in [0.15, 0.2) is 0 Å². The Hall–Kier alpha value is -8.52. The van der Waals surface area contributed by atoms with E-state index in [2.05, 4.69) is 265 Å². The van der Waals surface area contributed by atoms with E-state index in [0.717, 1.165) is 5.69 Å². The molecule has 0 saturated carbocycles. The van der Waals surface area contributed by atoms with Gasteiger partial charge in [0.1, 0.15) is 0 Å². The summed E-state index contributed by atoms with van der Waals surface area (Å²) in [6, 6.07) is 95.3. The lowest BCUT2D eigenvalue weighted by molar-refractivity contribution is 1.18. The molecule has 304 valence electrons. The quantitative estimate of drug-likeness (QED) is 0.144. The van der Waals surface area contributed by atoms with Crippen molar-refractivity contribution < 1.29 is 0 Å². The van der Waals surface area contributed by atoms with Crippen molar-refractivity contribution in [2.45, 2.75) is 0 Å². The minimum Gasteiger partial charge on any atom is -0.309 e. The zero-order valence-electron chi connectivity index (χ0n) is 35.8. The Morgan fingerprint density at radius 3 is 1.11 bits per heavy atom. The minimum atomic E-state index is 1.13. The van der Waals surface area contributed by atoms with Crippen molar-refractivity contribution in [2.75, 3.05) is 0 Å². The molecule has 0 aliphatic heterocycles. The SMILES string of the molecule is c1ccc(-c2ccc(-c3ccc4c(c3)c3cc(-c5ccc(-c6ccccc6)cc5-c5ccccc5)ccc3n4-c3ccc(-c4cccc5ccccc45)cc3)c(-c3ccccc3)c2)cc1. The highest BCUT2D eigenvalue weighted by atomic mass is 15.0. The maximum absolute atomic E-state index is 2.44. The minimum absolute atomic E-state index is 1.13. The van der Waals surface area contributed by atoms with E-state index in [4.69, 9.17) is 0 Å². The molecule has 0 unspecified atom stereocenters. The molecule has 65 heavy (non-hydrogen) atoms. The smallest absolute Gasteiger partial charge is 0.0541 e. The van der Waals surface area contributed by atoms with Gasteiger partial charge in [0.25, 0.3) is 0 Å². The maximum Gasteiger partial charge on any atom is 0.0541 e. The molecular weight excluding hydrogens is 783 g/mol. The van der Waals surface area contributed by atoms with Gasteiger partial charge in [-0.05, 0) is 137 Å². The number of nitrogens with zero attached hydrogens (tertiary/aromatic N) is 1. The van der Waals surface area contributed by atoms with Gasteiger partial charge in [-0.2, -0.15) is 0 Å². The van der Waals surface area contributed by atoms with Crippen LogP contribution in [0.1, 0.15) is 0 Å². The third kappa shape index (κ3) is 7.01. The molecule has 0 bridgehead atoms. The number of aromatic nitrogens is 1. The second kappa shape index (κ2) is 16.3. The van der Waals surface area contributed by atoms with Crippen LogP contribution < -0.4 is 0 Å². The first-order valence-corrected chi connectivity index (χ1v) is 22.4. The lowest BCUT2D eigenvalue weighted by Gasteiger charge is -2.14. The topological polar surface area (TPSA) is 4.93 Å². The Bertz CT molecular complexity index is 3470. The van der Waals surface area contributed by atoms with Crippen molar-refractivity contribution in [1.82, 2.24) is 4.57 Å². The summed E-state index contributed by atoms with van der Waals surface area (Å²) in [5.74, 6) is 0. The lowest BCUT2D eigenvalue weighted by atomic mass is 9.90. The molecule has 0 spiro atoms. The number of benzene rings is 11. The van der Waals surface area contributed by atoms with Crippen molar-refractivity contribution in [2.24, 2.45) is 0 Å². The van der Waals surface area contributed by atoms with E-state index in [1.54, 1.807) is 0 Å². The highest BCUT2D eigenvalue weighted by Gasteiger charge is 2.19. The second-order valence-corrected chi connectivity index (χ2v) is 16.9. The Balaban J connectivity index is 1.06. The summed E-state index contributed by atoms with van der Waals surface area (Å²) >= 11 is 0. The van der Waals surface area contributed by atoms with Crippen molar-refractivity contribution in [3.05, 3.63) is 261 Å². The summed E-state index contributed by atoms with van der Waals surface area (Å²) in [6.07, 6.45) is 0. The van der Waals surface area contributed by atoms with Gasteiger partial charge in [-0.3, -0.25) is 0 Å². The van der Waals surface area contributed by atoms with Crippen LogP contribution in [0.15, 0.2) is 261 Å². The summed E-state index contributed by atoms with van der Waals surface area (Å²) < 4.78 is 2.44. The van der Waals surface area contributed by atoms with Crippen molar-refractivity contribution >= 4 is 32.6 Å². The molecule has 12 rings (SSSR count). The van der Waals surface area contributed by atoms with Gasteiger partial charge in [-0.1, -0.05) is 212 Å². The number of rotatable bonds is 8. The van der Waals surface area contributed by atoms with E-state index < -0.39 is 0 Å². The molecule has 0 amide bonds. The van der Waals surface area contributed by atoms with Crippen LogP contribution in [0.2, 0.25) is 0 Å². The fourth-order valence-corrected chi connectivity index (χ4v) is 9.83. The summed E-state index contributed by atoms with van der Waals surface area (Å²) in [6.45, 7) is 0. The Kier molecular flexibility index (Phi) is 9.58. The van der Waals surface area contributed by atoms with Crippen molar-refractivity contribution in [3.63, 3.8) is 0 Å². The molecule has 0 fully saturated rings. The molecule has 1 heteroatoms. The molecule has 0 atom stereocenters. The van der Waals surface area contributed by atoms with Crippen LogP contribution in [0.25, 0.3) is 116 Å². The summed E-state index contributed by atoms with van der Waals surface area (Å²) in [7, 11) is 0. The molecule has 1 aromatic heterocycles. The maximum atomic E-state index is 2.44. The molecule has 0 N–H and O–H groups in total. The first kappa shape index (κ1) is 38.2. The fourth-order valence-electron chi connectivity index (χ4n) is 9.83. The van der Waals surface area contributed by atoms with Crippen LogP contribution in [0.3, 0.4) is 0 Å². The molecular formula is C64H43N. The molecule has 0 radical (unpaired) electrons. The first-order chi connectivity index (χ1) is 32.2. The average Bonchev–Trinajstić information content (AvgIpc) is 3.72. The third-order valence-corrected chi connectivity index (χ3v) is 13.0. The predicted molar refractivity (Wildman–Crippen MR) is 276 cm³/mol. The van der Waals surface area contributed by atoms with Crippen LogP contribution in [0, 0.1) is 0 Å². The van der Waals surface area contributed by atoms with Crippen LogP contribution in [0.4, 0.5) is 0 Å². The molecule has 1 nitrogen and oxygen atoms in total. The van der Waals surface area contributed by atoms with Crippen LogP contribution >= 0.6 is 0 Å². The number of hydrogen-bond donors (Lipinski definition) is 0. The molecule has 11 aromatic carbocycles. The van der Waals surface area contributed by atoms with Gasteiger partial charge in [0, 0.05) is 16.5 Å². The second-order valence-electron chi connectivity index (χ2n) is 16.9. The molecule has 0 saturated heterocycles. The van der Waals surface area contributed by atoms with Gasteiger partial charge < -0.3 is 4.57 Å². The van der Waals surface area contributed by atoms with E-state index in [-0.39, 0.29) is 0 Å². The number of hydrogen-bond acceptors (Lipinski definition) is 0. The third-order valence-electron chi connectivity index (χ3n) is 13.0. The van der Waals surface area contributed by atoms with Crippen LogP contribution in [-0.4, -0.2) is 4.57 Å². The standard InChI is InChI=1S/C64H43N/c1-5-16-44(17-6-1)50-30-36-57(59(40-50)47-20-9-3-10-21-47)52-32-38-63-61(42-52)62-43-53(58-37-31-51(45-18-7-2-8-19-45)41-60(58)48-22-11-4-12-23-48)33-39-64(62)65(63)54-34-28-49(29-35-54)56-27-15-25-46-24-13-14-26-55(46)56/h1-43H. The Morgan fingerprint density at radius 2 is 0.600 bits per heavy atom. The Labute approximate surface area is 379 Å².